The van der Waals surface area contributed by atoms with Crippen molar-refractivity contribution >= 4 is 29.1 Å². The van der Waals surface area contributed by atoms with E-state index < -0.39 is 0 Å². The van der Waals surface area contributed by atoms with Crippen molar-refractivity contribution in [1.82, 2.24) is 9.78 Å². The SMILES string of the molecule is CCCCn1ncc(NCCCCCSC)c(Cl)c1=O. The third-order valence-electron chi connectivity index (χ3n) is 3.05. The van der Waals surface area contributed by atoms with Gasteiger partial charge in [0.2, 0.25) is 0 Å². The Balaban J connectivity index is 2.47. The Hall–Kier alpha value is -0.680. The molecule has 0 saturated heterocycles. The zero-order chi connectivity index (χ0) is 14.8. The van der Waals surface area contributed by atoms with Crippen LogP contribution in [0.25, 0.3) is 0 Å². The Bertz CT molecular complexity index is 451. The summed E-state index contributed by atoms with van der Waals surface area (Å²) in [6, 6.07) is 0. The number of halogens is 1. The standard InChI is InChI=1S/C14H24ClN3OS/c1-3-4-9-18-14(19)13(15)12(11-17-18)16-8-6-5-7-10-20-2/h11,16H,3-10H2,1-2H3. The largest absolute Gasteiger partial charge is 0.382 e. The normalized spacial score (nSPS) is 10.8. The number of anilines is 1. The molecule has 0 saturated carbocycles. The van der Waals surface area contributed by atoms with E-state index >= 15 is 0 Å². The van der Waals surface area contributed by atoms with E-state index in [0.29, 0.717) is 12.2 Å². The second-order valence-electron chi connectivity index (χ2n) is 4.73. The third kappa shape index (κ3) is 5.75. The molecule has 0 aliphatic carbocycles. The summed E-state index contributed by atoms with van der Waals surface area (Å²) in [5, 5.41) is 7.61. The highest BCUT2D eigenvalue weighted by atomic mass is 35.5. The van der Waals surface area contributed by atoms with Gasteiger partial charge in [0, 0.05) is 13.1 Å². The van der Waals surface area contributed by atoms with E-state index in [1.807, 2.05) is 11.8 Å². The highest BCUT2D eigenvalue weighted by Crippen LogP contribution is 2.15. The topological polar surface area (TPSA) is 46.9 Å². The third-order valence-corrected chi connectivity index (χ3v) is 4.11. The summed E-state index contributed by atoms with van der Waals surface area (Å²) in [5.41, 5.74) is 0.446. The first kappa shape index (κ1) is 17.4. The van der Waals surface area contributed by atoms with Crippen LogP contribution in [0.5, 0.6) is 0 Å². The lowest BCUT2D eigenvalue weighted by molar-refractivity contribution is 0.543. The van der Waals surface area contributed by atoms with Crippen molar-refractivity contribution in [2.45, 2.75) is 45.6 Å². The molecule has 0 aliphatic heterocycles. The van der Waals surface area contributed by atoms with Crippen LogP contribution in [0, 0.1) is 0 Å². The molecular formula is C14H24ClN3OS. The maximum atomic E-state index is 12.0. The summed E-state index contributed by atoms with van der Waals surface area (Å²) < 4.78 is 1.44. The molecule has 4 nitrogen and oxygen atoms in total. The van der Waals surface area contributed by atoms with E-state index in [1.54, 1.807) is 6.20 Å². The van der Waals surface area contributed by atoms with Gasteiger partial charge in [-0.1, -0.05) is 31.4 Å². The van der Waals surface area contributed by atoms with Crippen LogP contribution in [0.1, 0.15) is 39.0 Å². The Morgan fingerprint density at radius 1 is 1.35 bits per heavy atom. The van der Waals surface area contributed by atoms with Crippen LogP contribution in [-0.2, 0) is 6.54 Å². The van der Waals surface area contributed by atoms with Gasteiger partial charge < -0.3 is 5.32 Å². The number of nitrogens with zero attached hydrogens (tertiary/aromatic N) is 2. The van der Waals surface area contributed by atoms with Crippen molar-refractivity contribution < 1.29 is 0 Å². The molecule has 0 unspecified atom stereocenters. The number of unbranched alkanes of at least 4 members (excludes halogenated alkanes) is 3. The van der Waals surface area contributed by atoms with Gasteiger partial charge in [0.15, 0.2) is 0 Å². The fourth-order valence-electron chi connectivity index (χ4n) is 1.83. The molecule has 1 rings (SSSR count). The summed E-state index contributed by atoms with van der Waals surface area (Å²) >= 11 is 7.97. The minimum atomic E-state index is -0.201. The van der Waals surface area contributed by atoms with E-state index in [2.05, 4.69) is 23.6 Å². The Kier molecular flexibility index (Phi) is 8.78. The Labute approximate surface area is 130 Å². The highest BCUT2D eigenvalue weighted by molar-refractivity contribution is 7.98. The summed E-state index contributed by atoms with van der Waals surface area (Å²) in [7, 11) is 0. The molecule has 0 aromatic carbocycles. The van der Waals surface area contributed by atoms with Crippen LogP contribution in [-0.4, -0.2) is 28.3 Å². The van der Waals surface area contributed by atoms with E-state index in [4.69, 9.17) is 11.6 Å². The highest BCUT2D eigenvalue weighted by Gasteiger charge is 2.08. The first-order valence-corrected chi connectivity index (χ1v) is 8.96. The van der Waals surface area contributed by atoms with Gasteiger partial charge in [0.1, 0.15) is 5.02 Å². The molecule has 1 heterocycles. The zero-order valence-corrected chi connectivity index (χ0v) is 13.9. The molecule has 114 valence electrons. The number of aromatic nitrogens is 2. The van der Waals surface area contributed by atoms with Crippen molar-refractivity contribution in [2.24, 2.45) is 0 Å². The monoisotopic (exact) mass is 317 g/mol. The number of thioether (sulfide) groups is 1. The van der Waals surface area contributed by atoms with Crippen LogP contribution in [0.3, 0.4) is 0 Å². The lowest BCUT2D eigenvalue weighted by Crippen LogP contribution is -2.24. The number of rotatable bonds is 10. The maximum absolute atomic E-state index is 12.0. The number of aryl methyl sites for hydroxylation is 1. The number of nitrogens with one attached hydrogen (secondary N) is 1. The molecule has 1 N–H and O–H groups in total. The lowest BCUT2D eigenvalue weighted by Gasteiger charge is -2.10. The van der Waals surface area contributed by atoms with Crippen LogP contribution in [0.4, 0.5) is 5.69 Å². The fourth-order valence-corrected chi connectivity index (χ4v) is 2.53. The maximum Gasteiger partial charge on any atom is 0.287 e. The van der Waals surface area contributed by atoms with Crippen LogP contribution in [0.15, 0.2) is 11.0 Å². The first-order chi connectivity index (χ1) is 9.70. The average molecular weight is 318 g/mol. The minimum absolute atomic E-state index is 0.201. The second kappa shape index (κ2) is 10.1. The quantitative estimate of drug-likeness (QED) is 0.669. The molecule has 0 atom stereocenters. The molecular weight excluding hydrogens is 294 g/mol. The number of hydrogen-bond acceptors (Lipinski definition) is 4. The van der Waals surface area contributed by atoms with Gasteiger partial charge in [0.05, 0.1) is 11.9 Å². The van der Waals surface area contributed by atoms with Crippen LogP contribution in [0.2, 0.25) is 5.02 Å². The average Bonchev–Trinajstić information content (AvgIpc) is 2.46. The second-order valence-corrected chi connectivity index (χ2v) is 6.10. The van der Waals surface area contributed by atoms with E-state index in [9.17, 15) is 4.79 Å². The molecule has 1 aromatic rings. The molecule has 0 aliphatic rings. The van der Waals surface area contributed by atoms with E-state index in [0.717, 1.165) is 25.8 Å². The van der Waals surface area contributed by atoms with Crippen molar-refractivity contribution in [3.63, 3.8) is 0 Å². The molecule has 0 amide bonds. The van der Waals surface area contributed by atoms with Crippen LogP contribution >= 0.6 is 23.4 Å². The van der Waals surface area contributed by atoms with Crippen LogP contribution < -0.4 is 10.9 Å². The summed E-state index contributed by atoms with van der Waals surface area (Å²) in [5.74, 6) is 1.20. The predicted octanol–water partition coefficient (Wildman–Crippen LogP) is 3.64. The summed E-state index contributed by atoms with van der Waals surface area (Å²) in [6.45, 7) is 3.54. The summed E-state index contributed by atoms with van der Waals surface area (Å²) in [6.07, 6.45) is 9.24. The Morgan fingerprint density at radius 3 is 2.85 bits per heavy atom. The Morgan fingerprint density at radius 2 is 2.15 bits per heavy atom. The van der Waals surface area contributed by atoms with Crippen molar-refractivity contribution in [2.75, 3.05) is 23.9 Å². The molecule has 6 heteroatoms. The van der Waals surface area contributed by atoms with Gasteiger partial charge >= 0.3 is 0 Å². The van der Waals surface area contributed by atoms with Gasteiger partial charge in [-0.3, -0.25) is 4.79 Å². The fraction of sp³-hybridized carbons (Fsp3) is 0.714. The van der Waals surface area contributed by atoms with Crippen molar-refractivity contribution in [3.05, 3.63) is 21.6 Å². The molecule has 1 aromatic heterocycles. The predicted molar refractivity (Wildman–Crippen MR) is 89.1 cm³/mol. The summed E-state index contributed by atoms with van der Waals surface area (Å²) in [4.78, 5) is 12.0. The molecule has 0 fully saturated rings. The zero-order valence-electron chi connectivity index (χ0n) is 12.3. The van der Waals surface area contributed by atoms with Gasteiger partial charge in [0.25, 0.3) is 5.56 Å². The molecule has 0 spiro atoms. The van der Waals surface area contributed by atoms with Crippen molar-refractivity contribution in [1.29, 1.82) is 0 Å². The van der Waals surface area contributed by atoms with E-state index in [-0.39, 0.29) is 10.6 Å². The van der Waals surface area contributed by atoms with Crippen molar-refractivity contribution in [3.8, 4) is 0 Å². The van der Waals surface area contributed by atoms with Gasteiger partial charge in [-0.25, -0.2) is 4.68 Å². The lowest BCUT2D eigenvalue weighted by atomic mass is 10.2. The molecule has 20 heavy (non-hydrogen) atoms. The van der Waals surface area contributed by atoms with Gasteiger partial charge in [-0.15, -0.1) is 0 Å². The minimum Gasteiger partial charge on any atom is -0.382 e. The van der Waals surface area contributed by atoms with E-state index in [1.165, 1.54) is 23.3 Å². The van der Waals surface area contributed by atoms with Gasteiger partial charge in [-0.2, -0.15) is 16.9 Å². The number of hydrogen-bond donors (Lipinski definition) is 1. The first-order valence-electron chi connectivity index (χ1n) is 7.19. The molecule has 0 bridgehead atoms. The smallest absolute Gasteiger partial charge is 0.287 e. The molecule has 0 radical (unpaired) electrons. The van der Waals surface area contributed by atoms with Gasteiger partial charge in [-0.05, 0) is 31.3 Å².